The summed E-state index contributed by atoms with van der Waals surface area (Å²) in [4.78, 5) is 0. The topological polar surface area (TPSA) is 60.3 Å². The average molecular weight is 201 g/mol. The Balaban J connectivity index is 2.11. The third-order valence-electron chi connectivity index (χ3n) is 2.48. The van der Waals surface area contributed by atoms with Crippen LogP contribution >= 0.6 is 0 Å². The minimum Gasteiger partial charge on any atom is -0.411 e. The van der Waals surface area contributed by atoms with Crippen molar-refractivity contribution in [1.29, 1.82) is 0 Å². The molecule has 2 aliphatic heterocycles. The normalized spacial score (nSPS) is 43.9. The van der Waals surface area contributed by atoms with Gasteiger partial charge in [0.05, 0.1) is 11.8 Å². The zero-order valence-corrected chi connectivity index (χ0v) is 8.56. The second-order valence-corrected chi connectivity index (χ2v) is 4.12. The average Bonchev–Trinajstić information content (AvgIpc) is 2.36. The van der Waals surface area contributed by atoms with Gasteiger partial charge in [-0.15, -0.1) is 0 Å². The highest BCUT2D eigenvalue weighted by Gasteiger charge is 2.46. The summed E-state index contributed by atoms with van der Waals surface area (Å²) in [5.41, 5.74) is 0.604. The molecule has 3 atom stereocenters. The molecular formula is C9H15NO4. The molecule has 2 rings (SSSR count). The molecule has 2 fully saturated rings. The van der Waals surface area contributed by atoms with E-state index in [4.69, 9.17) is 19.4 Å². The van der Waals surface area contributed by atoms with Crippen molar-refractivity contribution in [2.75, 3.05) is 0 Å². The molecule has 0 aromatic heterocycles. The van der Waals surface area contributed by atoms with E-state index in [-0.39, 0.29) is 18.5 Å². The van der Waals surface area contributed by atoms with E-state index in [0.717, 1.165) is 0 Å². The van der Waals surface area contributed by atoms with Crippen LogP contribution in [0.4, 0.5) is 0 Å². The monoisotopic (exact) mass is 201 g/mol. The van der Waals surface area contributed by atoms with Crippen LogP contribution in [0.25, 0.3) is 0 Å². The van der Waals surface area contributed by atoms with Crippen molar-refractivity contribution >= 4 is 5.71 Å². The Morgan fingerprint density at radius 2 is 2.14 bits per heavy atom. The third-order valence-corrected chi connectivity index (χ3v) is 2.48. The highest BCUT2D eigenvalue weighted by Crippen LogP contribution is 2.34. The summed E-state index contributed by atoms with van der Waals surface area (Å²) in [7, 11) is 0. The highest BCUT2D eigenvalue weighted by atomic mass is 16.8. The Morgan fingerprint density at radius 1 is 1.43 bits per heavy atom. The van der Waals surface area contributed by atoms with Crippen LogP contribution in [-0.4, -0.2) is 35.2 Å². The zero-order chi connectivity index (χ0) is 10.3. The highest BCUT2D eigenvalue weighted by molar-refractivity contribution is 5.89. The van der Waals surface area contributed by atoms with Crippen LogP contribution in [0.15, 0.2) is 5.16 Å². The van der Waals surface area contributed by atoms with Gasteiger partial charge in [0.15, 0.2) is 12.1 Å². The first-order valence-electron chi connectivity index (χ1n) is 4.74. The molecule has 80 valence electrons. The number of ether oxygens (including phenoxy) is 3. The van der Waals surface area contributed by atoms with Gasteiger partial charge in [0.2, 0.25) is 0 Å². The molecule has 2 heterocycles. The van der Waals surface area contributed by atoms with Crippen LogP contribution in [-0.2, 0) is 14.2 Å². The van der Waals surface area contributed by atoms with Crippen LogP contribution in [0.2, 0.25) is 0 Å². The molecule has 2 saturated heterocycles. The summed E-state index contributed by atoms with van der Waals surface area (Å²) in [6.45, 7) is 5.52. The second-order valence-electron chi connectivity index (χ2n) is 4.12. The van der Waals surface area contributed by atoms with Crippen molar-refractivity contribution in [2.45, 2.75) is 51.5 Å². The Morgan fingerprint density at radius 3 is 2.79 bits per heavy atom. The molecule has 14 heavy (non-hydrogen) atoms. The van der Waals surface area contributed by atoms with E-state index in [1.165, 1.54) is 0 Å². The van der Waals surface area contributed by atoms with Gasteiger partial charge in [-0.3, -0.25) is 0 Å². The van der Waals surface area contributed by atoms with Crippen molar-refractivity contribution in [3.63, 3.8) is 0 Å². The quantitative estimate of drug-likeness (QED) is 0.471. The predicted octanol–water partition coefficient (Wildman–Crippen LogP) is 1.10. The van der Waals surface area contributed by atoms with E-state index >= 15 is 0 Å². The minimum atomic E-state index is -0.611. The largest absolute Gasteiger partial charge is 0.411 e. The molecule has 0 aliphatic carbocycles. The molecule has 5 heteroatoms. The number of hydrogen-bond donors (Lipinski definition) is 1. The lowest BCUT2D eigenvalue weighted by Crippen LogP contribution is -2.41. The van der Waals surface area contributed by atoms with E-state index in [0.29, 0.717) is 12.1 Å². The van der Waals surface area contributed by atoms with E-state index in [1.54, 1.807) is 0 Å². The Labute approximate surface area is 82.6 Å². The zero-order valence-electron chi connectivity index (χ0n) is 8.56. The third kappa shape index (κ3) is 1.63. The van der Waals surface area contributed by atoms with E-state index in [1.807, 2.05) is 20.8 Å². The van der Waals surface area contributed by atoms with Gasteiger partial charge in [0, 0.05) is 6.42 Å². The lowest BCUT2D eigenvalue weighted by molar-refractivity contribution is -0.195. The van der Waals surface area contributed by atoms with Crippen molar-refractivity contribution in [3.8, 4) is 0 Å². The summed E-state index contributed by atoms with van der Waals surface area (Å²) < 4.78 is 16.6. The fourth-order valence-electron chi connectivity index (χ4n) is 1.83. The summed E-state index contributed by atoms with van der Waals surface area (Å²) in [6.07, 6.45) is -0.150. The molecule has 1 N–H and O–H groups in total. The molecular weight excluding hydrogens is 186 g/mol. The summed E-state index contributed by atoms with van der Waals surface area (Å²) in [5.74, 6) is -0.611. The van der Waals surface area contributed by atoms with Crippen molar-refractivity contribution in [2.24, 2.45) is 5.16 Å². The molecule has 0 saturated carbocycles. The van der Waals surface area contributed by atoms with Crippen LogP contribution in [0.3, 0.4) is 0 Å². The maximum absolute atomic E-state index is 8.72. The van der Waals surface area contributed by atoms with Crippen LogP contribution in [0, 0.1) is 0 Å². The fraction of sp³-hybridized carbons (Fsp3) is 0.889. The first-order chi connectivity index (χ1) is 6.52. The SMILES string of the molecule is CC1OC2OC(C)(C)OC2CC1=NO. The molecule has 2 aliphatic rings. The summed E-state index contributed by atoms with van der Waals surface area (Å²) in [6, 6.07) is 0. The van der Waals surface area contributed by atoms with Gasteiger partial charge < -0.3 is 19.4 Å². The first-order valence-corrected chi connectivity index (χ1v) is 4.74. The van der Waals surface area contributed by atoms with Crippen molar-refractivity contribution in [3.05, 3.63) is 0 Å². The standard InChI is InChI=1S/C9H15NO4/c1-5-6(10-11)4-7-8(12-5)14-9(2,3)13-7/h5,7-8,11H,4H2,1-3H3. The van der Waals surface area contributed by atoms with Gasteiger partial charge in [-0.1, -0.05) is 5.16 Å². The molecule has 0 radical (unpaired) electrons. The molecule has 0 aromatic carbocycles. The number of rotatable bonds is 0. The van der Waals surface area contributed by atoms with Gasteiger partial charge in [0.25, 0.3) is 0 Å². The second kappa shape index (κ2) is 3.18. The van der Waals surface area contributed by atoms with Gasteiger partial charge in [-0.05, 0) is 20.8 Å². The number of oxime groups is 1. The smallest absolute Gasteiger partial charge is 0.188 e. The van der Waals surface area contributed by atoms with Crippen molar-refractivity contribution in [1.82, 2.24) is 0 Å². The lowest BCUT2D eigenvalue weighted by atomic mass is 10.0. The van der Waals surface area contributed by atoms with Gasteiger partial charge in [-0.2, -0.15) is 0 Å². The molecule has 0 amide bonds. The Hall–Kier alpha value is -0.650. The van der Waals surface area contributed by atoms with Crippen molar-refractivity contribution < 1.29 is 19.4 Å². The van der Waals surface area contributed by atoms with Gasteiger partial charge in [0.1, 0.15) is 6.10 Å². The maximum atomic E-state index is 8.72. The molecule has 0 aromatic rings. The fourth-order valence-corrected chi connectivity index (χ4v) is 1.83. The first kappa shape index (κ1) is 9.89. The summed E-state index contributed by atoms with van der Waals surface area (Å²) >= 11 is 0. The van der Waals surface area contributed by atoms with Crippen LogP contribution in [0.5, 0.6) is 0 Å². The number of fused-ring (bicyclic) bond motifs is 1. The van der Waals surface area contributed by atoms with E-state index in [2.05, 4.69) is 5.16 Å². The Bertz CT molecular complexity index is 264. The predicted molar refractivity (Wildman–Crippen MR) is 48.2 cm³/mol. The number of hydrogen-bond acceptors (Lipinski definition) is 5. The van der Waals surface area contributed by atoms with Crippen LogP contribution in [0.1, 0.15) is 27.2 Å². The molecule has 0 bridgehead atoms. The maximum Gasteiger partial charge on any atom is 0.188 e. The molecule has 3 unspecified atom stereocenters. The van der Waals surface area contributed by atoms with Crippen LogP contribution < -0.4 is 0 Å². The molecule has 5 nitrogen and oxygen atoms in total. The summed E-state index contributed by atoms with van der Waals surface area (Å²) in [5, 5.41) is 11.9. The molecule has 0 spiro atoms. The Kier molecular flexibility index (Phi) is 2.25. The van der Waals surface area contributed by atoms with Gasteiger partial charge >= 0.3 is 0 Å². The lowest BCUT2D eigenvalue weighted by Gasteiger charge is -2.28. The van der Waals surface area contributed by atoms with E-state index < -0.39 is 5.79 Å². The van der Waals surface area contributed by atoms with E-state index in [9.17, 15) is 0 Å². The minimum absolute atomic E-state index is 0.160. The number of nitrogens with zero attached hydrogens (tertiary/aromatic N) is 1. The van der Waals surface area contributed by atoms with Gasteiger partial charge in [-0.25, -0.2) is 0 Å².